The summed E-state index contributed by atoms with van der Waals surface area (Å²) in [5.74, 6) is 0. The summed E-state index contributed by atoms with van der Waals surface area (Å²) in [5, 5.41) is 7.13. The van der Waals surface area contributed by atoms with Gasteiger partial charge in [-0.1, -0.05) is 0 Å². The highest BCUT2D eigenvalue weighted by atomic mass is 15.5. The standard InChI is InChI=1S/C4H10N4/c1-4(2)7-8-6-3-5/h3,8H,1-2H3,(H2,5,6). The highest BCUT2D eigenvalue weighted by Crippen LogP contribution is 1.66. The summed E-state index contributed by atoms with van der Waals surface area (Å²) >= 11 is 0. The lowest BCUT2D eigenvalue weighted by Crippen LogP contribution is -2.01. The van der Waals surface area contributed by atoms with Crippen molar-refractivity contribution in [2.75, 3.05) is 0 Å². The fourth-order valence-corrected chi connectivity index (χ4v) is 0.162. The first-order valence-corrected chi connectivity index (χ1v) is 2.26. The van der Waals surface area contributed by atoms with Gasteiger partial charge in [0, 0.05) is 5.71 Å². The molecule has 0 saturated carbocycles. The van der Waals surface area contributed by atoms with Crippen molar-refractivity contribution in [1.29, 1.82) is 0 Å². The largest absolute Gasteiger partial charge is 0.388 e. The normalized spacial score (nSPS) is 9.25. The van der Waals surface area contributed by atoms with Crippen LogP contribution in [0.25, 0.3) is 0 Å². The van der Waals surface area contributed by atoms with E-state index in [-0.39, 0.29) is 0 Å². The van der Waals surface area contributed by atoms with Gasteiger partial charge in [0.05, 0.1) is 0 Å². The second kappa shape index (κ2) is 4.11. The fraction of sp³-hybridized carbons (Fsp3) is 0.500. The van der Waals surface area contributed by atoms with Gasteiger partial charge in [-0.25, -0.2) is 0 Å². The summed E-state index contributed by atoms with van der Waals surface area (Å²) in [5.41, 5.74) is 8.17. The number of hydrazone groups is 2. The number of nitrogens with zero attached hydrogens (tertiary/aromatic N) is 2. The second-order valence-electron chi connectivity index (χ2n) is 1.44. The van der Waals surface area contributed by atoms with E-state index < -0.39 is 0 Å². The van der Waals surface area contributed by atoms with Crippen LogP contribution < -0.4 is 11.3 Å². The molecule has 4 nitrogen and oxygen atoms in total. The lowest BCUT2D eigenvalue weighted by Gasteiger charge is -1.87. The van der Waals surface area contributed by atoms with Gasteiger partial charge in [0.1, 0.15) is 6.34 Å². The molecule has 0 aliphatic rings. The van der Waals surface area contributed by atoms with Crippen LogP contribution in [0.15, 0.2) is 10.2 Å². The average molecular weight is 114 g/mol. The van der Waals surface area contributed by atoms with Crippen molar-refractivity contribution >= 4 is 12.1 Å². The van der Waals surface area contributed by atoms with E-state index in [1.54, 1.807) is 0 Å². The molecule has 0 bridgehead atoms. The summed E-state index contributed by atoms with van der Waals surface area (Å²) < 4.78 is 0. The molecular weight excluding hydrogens is 104 g/mol. The number of nitrogens with one attached hydrogen (secondary N) is 1. The molecule has 0 aliphatic heterocycles. The van der Waals surface area contributed by atoms with Crippen LogP contribution in [-0.2, 0) is 0 Å². The number of rotatable bonds is 2. The summed E-state index contributed by atoms with van der Waals surface area (Å²) in [4.78, 5) is 0. The Kier molecular flexibility index (Phi) is 3.56. The van der Waals surface area contributed by atoms with E-state index >= 15 is 0 Å². The number of nitrogens with two attached hydrogens (primary N) is 1. The molecule has 0 spiro atoms. The first-order chi connectivity index (χ1) is 3.77. The first-order valence-electron chi connectivity index (χ1n) is 2.26. The van der Waals surface area contributed by atoms with E-state index in [1.165, 1.54) is 0 Å². The van der Waals surface area contributed by atoms with Gasteiger partial charge in [-0.3, -0.25) is 0 Å². The molecule has 0 radical (unpaired) electrons. The summed E-state index contributed by atoms with van der Waals surface area (Å²) in [7, 11) is 0. The second-order valence-corrected chi connectivity index (χ2v) is 1.44. The van der Waals surface area contributed by atoms with Crippen molar-refractivity contribution in [3.63, 3.8) is 0 Å². The molecule has 0 atom stereocenters. The van der Waals surface area contributed by atoms with Crippen molar-refractivity contribution < 1.29 is 0 Å². The van der Waals surface area contributed by atoms with Crippen LogP contribution in [0.5, 0.6) is 0 Å². The summed E-state index contributed by atoms with van der Waals surface area (Å²) in [6, 6.07) is 0. The van der Waals surface area contributed by atoms with Gasteiger partial charge < -0.3 is 5.73 Å². The molecule has 8 heavy (non-hydrogen) atoms. The van der Waals surface area contributed by atoms with Gasteiger partial charge in [-0.15, -0.1) is 5.10 Å². The molecular formula is C4H10N4. The van der Waals surface area contributed by atoms with Gasteiger partial charge in [-0.05, 0) is 13.8 Å². The van der Waals surface area contributed by atoms with Crippen LogP contribution >= 0.6 is 0 Å². The summed E-state index contributed by atoms with van der Waals surface area (Å²) in [6.07, 6.45) is 1.15. The van der Waals surface area contributed by atoms with E-state index in [0.29, 0.717) is 0 Å². The van der Waals surface area contributed by atoms with Crippen molar-refractivity contribution in [1.82, 2.24) is 5.53 Å². The zero-order valence-corrected chi connectivity index (χ0v) is 5.05. The van der Waals surface area contributed by atoms with Gasteiger partial charge in [-0.2, -0.15) is 10.6 Å². The fourth-order valence-electron chi connectivity index (χ4n) is 0.162. The van der Waals surface area contributed by atoms with Crippen LogP contribution in [0.2, 0.25) is 0 Å². The Morgan fingerprint density at radius 3 is 2.62 bits per heavy atom. The van der Waals surface area contributed by atoms with Crippen molar-refractivity contribution in [2.24, 2.45) is 15.9 Å². The van der Waals surface area contributed by atoms with Crippen LogP contribution in [0.4, 0.5) is 0 Å². The smallest absolute Gasteiger partial charge is 0.108 e. The van der Waals surface area contributed by atoms with Gasteiger partial charge >= 0.3 is 0 Å². The lowest BCUT2D eigenvalue weighted by atomic mass is 10.5. The van der Waals surface area contributed by atoms with Crippen LogP contribution in [0.1, 0.15) is 13.8 Å². The quantitative estimate of drug-likeness (QED) is 0.298. The predicted molar refractivity (Wildman–Crippen MR) is 34.6 cm³/mol. The Balaban J connectivity index is 3.30. The van der Waals surface area contributed by atoms with Crippen LogP contribution in [-0.4, -0.2) is 12.1 Å². The predicted octanol–water partition coefficient (Wildman–Crippen LogP) is -0.126. The molecule has 0 amide bonds. The molecule has 46 valence electrons. The molecule has 0 saturated heterocycles. The van der Waals surface area contributed by atoms with Crippen molar-refractivity contribution in [3.8, 4) is 0 Å². The molecule has 0 aromatic rings. The third-order valence-electron chi connectivity index (χ3n) is 0.406. The van der Waals surface area contributed by atoms with Gasteiger partial charge in [0.2, 0.25) is 0 Å². The van der Waals surface area contributed by atoms with Gasteiger partial charge in [0.25, 0.3) is 0 Å². The van der Waals surface area contributed by atoms with Crippen LogP contribution in [0, 0.1) is 0 Å². The Hall–Kier alpha value is -1.06. The highest BCUT2D eigenvalue weighted by molar-refractivity contribution is 5.78. The molecule has 0 aliphatic carbocycles. The number of hydrogen-bond acceptors (Lipinski definition) is 3. The Morgan fingerprint density at radius 2 is 2.25 bits per heavy atom. The van der Waals surface area contributed by atoms with Gasteiger partial charge in [0.15, 0.2) is 0 Å². The monoisotopic (exact) mass is 114 g/mol. The highest BCUT2D eigenvalue weighted by Gasteiger charge is 1.70. The molecule has 0 fully saturated rings. The topological polar surface area (TPSA) is 62.8 Å². The maximum atomic E-state index is 4.89. The SMILES string of the molecule is CC(C)=NNN=CN. The van der Waals surface area contributed by atoms with Crippen LogP contribution in [0.3, 0.4) is 0 Å². The molecule has 0 heterocycles. The molecule has 0 unspecified atom stereocenters. The first kappa shape index (κ1) is 6.94. The zero-order valence-electron chi connectivity index (χ0n) is 5.05. The Labute approximate surface area is 48.5 Å². The van der Waals surface area contributed by atoms with E-state index in [2.05, 4.69) is 15.7 Å². The molecule has 4 heteroatoms. The summed E-state index contributed by atoms with van der Waals surface area (Å²) in [6.45, 7) is 3.72. The third kappa shape index (κ3) is 4.94. The Morgan fingerprint density at radius 1 is 1.62 bits per heavy atom. The molecule has 0 aromatic heterocycles. The average Bonchev–Trinajstić information content (AvgIpc) is 1.66. The zero-order chi connectivity index (χ0) is 6.41. The molecule has 0 aromatic carbocycles. The minimum absolute atomic E-state index is 0.913. The lowest BCUT2D eigenvalue weighted by molar-refractivity contribution is 0.809. The minimum Gasteiger partial charge on any atom is -0.388 e. The van der Waals surface area contributed by atoms with Crippen molar-refractivity contribution in [3.05, 3.63) is 0 Å². The number of hydrogen-bond donors (Lipinski definition) is 2. The van der Waals surface area contributed by atoms with E-state index in [4.69, 9.17) is 5.73 Å². The van der Waals surface area contributed by atoms with Crippen molar-refractivity contribution in [2.45, 2.75) is 13.8 Å². The maximum Gasteiger partial charge on any atom is 0.108 e. The van der Waals surface area contributed by atoms with E-state index in [9.17, 15) is 0 Å². The third-order valence-corrected chi connectivity index (χ3v) is 0.406. The molecule has 3 N–H and O–H groups in total. The minimum atomic E-state index is 0.913. The maximum absolute atomic E-state index is 4.89. The van der Waals surface area contributed by atoms with E-state index in [1.807, 2.05) is 13.8 Å². The van der Waals surface area contributed by atoms with E-state index in [0.717, 1.165) is 12.1 Å². The molecule has 0 rings (SSSR count). The Bertz CT molecular complexity index is 101.